The van der Waals surface area contributed by atoms with Gasteiger partial charge in [0.05, 0.1) is 7.11 Å². The summed E-state index contributed by atoms with van der Waals surface area (Å²) in [5.74, 6) is -0.671. The van der Waals surface area contributed by atoms with Crippen LogP contribution in [0.5, 0.6) is 0 Å². The van der Waals surface area contributed by atoms with E-state index < -0.39 is 12.0 Å². The summed E-state index contributed by atoms with van der Waals surface area (Å²) >= 11 is 1.02. The molecule has 0 aliphatic heterocycles. The van der Waals surface area contributed by atoms with Gasteiger partial charge < -0.3 is 21.1 Å². The van der Waals surface area contributed by atoms with Crippen LogP contribution in [0, 0.1) is 0 Å². The van der Waals surface area contributed by atoms with Crippen molar-refractivity contribution in [3.63, 3.8) is 0 Å². The molecule has 0 saturated carbocycles. The molecule has 8 heteroatoms. The first-order chi connectivity index (χ1) is 9.15. The molecule has 0 spiro atoms. The Bertz CT molecular complexity index is 507. The molecule has 1 atom stereocenters. The van der Waals surface area contributed by atoms with Crippen molar-refractivity contribution < 1.29 is 14.3 Å². The van der Waals surface area contributed by atoms with Gasteiger partial charge in [-0.25, -0.2) is 4.79 Å². The average molecular weight is 300 g/mol. The van der Waals surface area contributed by atoms with Crippen LogP contribution >= 0.6 is 11.5 Å². The number of carbonyl (C=O) groups excluding carboxylic acids is 2. The predicted octanol–water partition coefficient (Wildman–Crippen LogP) is 1.23. The van der Waals surface area contributed by atoms with Crippen molar-refractivity contribution in [2.45, 2.75) is 39.3 Å². The second-order valence-corrected chi connectivity index (χ2v) is 6.14. The van der Waals surface area contributed by atoms with E-state index in [0.29, 0.717) is 5.00 Å². The number of nitrogens with one attached hydrogen (secondary N) is 2. The summed E-state index contributed by atoms with van der Waals surface area (Å²) in [7, 11) is 1.26. The van der Waals surface area contributed by atoms with Gasteiger partial charge in [0, 0.05) is 5.54 Å². The van der Waals surface area contributed by atoms with Crippen LogP contribution in [0.15, 0.2) is 0 Å². The zero-order valence-electron chi connectivity index (χ0n) is 12.2. The number of nitrogen functional groups attached to an aromatic ring is 1. The lowest BCUT2D eigenvalue weighted by Crippen LogP contribution is -2.47. The van der Waals surface area contributed by atoms with Crippen molar-refractivity contribution in [3.8, 4) is 0 Å². The van der Waals surface area contributed by atoms with Gasteiger partial charge in [0.15, 0.2) is 5.82 Å². The molecular weight excluding hydrogens is 280 g/mol. The molecular formula is C12H20N4O3S. The van der Waals surface area contributed by atoms with Gasteiger partial charge in [-0.05, 0) is 39.2 Å². The number of aromatic nitrogens is 1. The van der Waals surface area contributed by atoms with Crippen molar-refractivity contribution in [1.82, 2.24) is 9.69 Å². The zero-order valence-corrected chi connectivity index (χ0v) is 13.1. The third-order valence-corrected chi connectivity index (χ3v) is 3.14. The number of rotatable bonds is 4. The van der Waals surface area contributed by atoms with Gasteiger partial charge in [0.1, 0.15) is 16.6 Å². The third-order valence-electron chi connectivity index (χ3n) is 2.35. The molecule has 1 heterocycles. The highest BCUT2D eigenvalue weighted by Gasteiger charge is 2.24. The summed E-state index contributed by atoms with van der Waals surface area (Å²) < 4.78 is 8.54. The maximum Gasteiger partial charge on any atom is 0.344 e. The number of hydrogen-bond donors (Lipinski definition) is 3. The van der Waals surface area contributed by atoms with Crippen LogP contribution < -0.4 is 16.4 Å². The van der Waals surface area contributed by atoms with Crippen molar-refractivity contribution in [2.75, 3.05) is 18.2 Å². The largest absolute Gasteiger partial charge is 0.465 e. The second-order valence-electron chi connectivity index (χ2n) is 5.37. The van der Waals surface area contributed by atoms with Crippen molar-refractivity contribution in [3.05, 3.63) is 5.56 Å². The molecule has 0 saturated heterocycles. The first kappa shape index (κ1) is 16.2. The van der Waals surface area contributed by atoms with E-state index in [2.05, 4.69) is 19.7 Å². The van der Waals surface area contributed by atoms with Gasteiger partial charge in [-0.15, -0.1) is 0 Å². The second kappa shape index (κ2) is 6.08. The lowest BCUT2D eigenvalue weighted by Gasteiger charge is -2.23. The van der Waals surface area contributed by atoms with Crippen LogP contribution in [0.4, 0.5) is 10.8 Å². The Morgan fingerprint density at radius 2 is 2.00 bits per heavy atom. The van der Waals surface area contributed by atoms with Gasteiger partial charge in [-0.1, -0.05) is 0 Å². The normalized spacial score (nSPS) is 12.7. The highest BCUT2D eigenvalue weighted by molar-refractivity contribution is 7.11. The SMILES string of the molecule is COC(=O)c1c(N)nsc1NC(C)C(=O)NC(C)(C)C. The van der Waals surface area contributed by atoms with E-state index in [1.54, 1.807) is 6.92 Å². The molecule has 0 fully saturated rings. The molecule has 0 aromatic carbocycles. The maximum atomic E-state index is 12.0. The van der Waals surface area contributed by atoms with E-state index in [1.165, 1.54) is 7.11 Å². The number of anilines is 2. The summed E-state index contributed by atoms with van der Waals surface area (Å²) in [4.78, 5) is 23.6. The lowest BCUT2D eigenvalue weighted by molar-refractivity contribution is -0.122. The number of hydrogen-bond acceptors (Lipinski definition) is 7. The molecule has 20 heavy (non-hydrogen) atoms. The average Bonchev–Trinajstić information content (AvgIpc) is 2.67. The molecule has 4 N–H and O–H groups in total. The van der Waals surface area contributed by atoms with Gasteiger partial charge in [0.2, 0.25) is 5.91 Å². The zero-order chi connectivity index (χ0) is 15.5. The first-order valence-electron chi connectivity index (χ1n) is 6.07. The molecule has 0 radical (unpaired) electrons. The lowest BCUT2D eigenvalue weighted by atomic mass is 10.1. The summed E-state index contributed by atoms with van der Waals surface area (Å²) in [5, 5.41) is 6.20. The molecule has 1 rings (SSSR count). The number of esters is 1. The van der Waals surface area contributed by atoms with E-state index in [1.807, 2.05) is 20.8 Å². The van der Waals surface area contributed by atoms with Gasteiger partial charge in [-0.2, -0.15) is 4.37 Å². The predicted molar refractivity (Wildman–Crippen MR) is 78.8 cm³/mol. The number of ether oxygens (including phenoxy) is 1. The van der Waals surface area contributed by atoms with E-state index in [9.17, 15) is 9.59 Å². The first-order valence-corrected chi connectivity index (χ1v) is 6.85. The van der Waals surface area contributed by atoms with Crippen molar-refractivity contribution in [2.24, 2.45) is 0 Å². The Morgan fingerprint density at radius 3 is 2.50 bits per heavy atom. The fraction of sp³-hybridized carbons (Fsp3) is 0.583. The summed E-state index contributed by atoms with van der Waals surface area (Å²) in [6.45, 7) is 7.37. The molecule has 0 bridgehead atoms. The van der Waals surface area contributed by atoms with Crippen molar-refractivity contribution in [1.29, 1.82) is 0 Å². The fourth-order valence-corrected chi connectivity index (χ4v) is 2.23. The maximum absolute atomic E-state index is 12.0. The van der Waals surface area contributed by atoms with E-state index in [0.717, 1.165) is 11.5 Å². The number of nitrogens with zero attached hydrogens (tertiary/aromatic N) is 1. The van der Waals surface area contributed by atoms with E-state index in [4.69, 9.17) is 5.73 Å². The Labute approximate surface area is 122 Å². The van der Waals surface area contributed by atoms with E-state index in [-0.39, 0.29) is 22.8 Å². The molecule has 1 unspecified atom stereocenters. The number of methoxy groups -OCH3 is 1. The van der Waals surface area contributed by atoms with Crippen LogP contribution in [0.3, 0.4) is 0 Å². The van der Waals surface area contributed by atoms with E-state index >= 15 is 0 Å². The fourth-order valence-electron chi connectivity index (χ4n) is 1.44. The number of amides is 1. The Hall–Kier alpha value is -1.83. The molecule has 0 aliphatic rings. The topological polar surface area (TPSA) is 106 Å². The molecule has 1 aromatic heterocycles. The Kier molecular flexibility index (Phi) is 4.93. The van der Waals surface area contributed by atoms with Crippen LogP contribution in [0.25, 0.3) is 0 Å². The smallest absolute Gasteiger partial charge is 0.344 e. The summed E-state index contributed by atoms with van der Waals surface area (Å²) in [6.07, 6.45) is 0. The molecule has 1 amide bonds. The van der Waals surface area contributed by atoms with Gasteiger partial charge in [0.25, 0.3) is 0 Å². The highest BCUT2D eigenvalue weighted by atomic mass is 32.1. The molecule has 7 nitrogen and oxygen atoms in total. The van der Waals surface area contributed by atoms with Gasteiger partial charge in [-0.3, -0.25) is 4.79 Å². The third kappa shape index (κ3) is 4.09. The monoisotopic (exact) mass is 300 g/mol. The number of carbonyl (C=O) groups is 2. The highest BCUT2D eigenvalue weighted by Crippen LogP contribution is 2.28. The van der Waals surface area contributed by atoms with Crippen molar-refractivity contribution >= 4 is 34.2 Å². The van der Waals surface area contributed by atoms with Crippen LogP contribution in [-0.4, -0.2) is 34.9 Å². The Morgan fingerprint density at radius 1 is 1.40 bits per heavy atom. The minimum absolute atomic E-state index is 0.0905. The quantitative estimate of drug-likeness (QED) is 0.722. The van der Waals surface area contributed by atoms with Gasteiger partial charge >= 0.3 is 5.97 Å². The molecule has 112 valence electrons. The minimum Gasteiger partial charge on any atom is -0.465 e. The van der Waals surface area contributed by atoms with Crippen LogP contribution in [0.1, 0.15) is 38.1 Å². The van der Waals surface area contributed by atoms with Crippen LogP contribution in [-0.2, 0) is 9.53 Å². The summed E-state index contributed by atoms with van der Waals surface area (Å²) in [6, 6.07) is -0.530. The summed E-state index contributed by atoms with van der Waals surface area (Å²) in [5.41, 5.74) is 5.46. The van der Waals surface area contributed by atoms with Crippen LogP contribution in [0.2, 0.25) is 0 Å². The minimum atomic E-state index is -0.581. The molecule has 1 aromatic rings. The number of nitrogens with two attached hydrogens (primary N) is 1. The Balaban J connectivity index is 2.84. The molecule has 0 aliphatic carbocycles. The standard InChI is InChI=1S/C12H20N4O3S/c1-6(9(17)15-12(2,3)4)14-10-7(11(18)19-5)8(13)16-20-10/h6,14H,1-5H3,(H2,13,16)(H,15,17).